The lowest BCUT2D eigenvalue weighted by molar-refractivity contribution is -0.387. The van der Waals surface area contributed by atoms with Crippen LogP contribution in [0.2, 0.25) is 0 Å². The summed E-state index contributed by atoms with van der Waals surface area (Å²) in [5.74, 6) is -1.14. The summed E-state index contributed by atoms with van der Waals surface area (Å²) in [5.41, 5.74) is 0.324. The van der Waals surface area contributed by atoms with E-state index in [0.717, 1.165) is 12.1 Å². The van der Waals surface area contributed by atoms with E-state index < -0.39 is 37.4 Å². The summed E-state index contributed by atoms with van der Waals surface area (Å²) in [6.07, 6.45) is 1.42. The maximum Gasteiger partial charge on any atom is 0.356 e. The summed E-state index contributed by atoms with van der Waals surface area (Å²) in [4.78, 5) is 42.6. The van der Waals surface area contributed by atoms with Crippen molar-refractivity contribution in [1.29, 1.82) is 0 Å². The maximum atomic E-state index is 13.1. The number of sulfonamides is 1. The van der Waals surface area contributed by atoms with Crippen molar-refractivity contribution >= 4 is 61.8 Å². The van der Waals surface area contributed by atoms with Gasteiger partial charge in [0.25, 0.3) is 15.7 Å². The maximum absolute atomic E-state index is 13.1. The Balaban J connectivity index is 1.90. The largest absolute Gasteiger partial charge is 0.461 e. The lowest BCUT2D eigenvalue weighted by Crippen LogP contribution is -2.16. The average Bonchev–Trinajstić information content (AvgIpc) is 3.21. The van der Waals surface area contributed by atoms with Gasteiger partial charge >= 0.3 is 5.97 Å². The van der Waals surface area contributed by atoms with Crippen LogP contribution < -0.4 is 10.0 Å². The third-order valence-corrected chi connectivity index (χ3v) is 6.22. The number of esters is 1. The van der Waals surface area contributed by atoms with Gasteiger partial charge in [0, 0.05) is 30.2 Å². The van der Waals surface area contributed by atoms with E-state index in [1.807, 2.05) is 0 Å². The van der Waals surface area contributed by atoms with Crippen LogP contribution in [0.3, 0.4) is 0 Å². The van der Waals surface area contributed by atoms with Crippen molar-refractivity contribution in [2.75, 3.05) is 16.6 Å². The molecule has 0 aliphatic carbocycles. The highest BCUT2D eigenvalue weighted by molar-refractivity contribution is 7.92. The molecule has 1 amide bonds. The fourth-order valence-corrected chi connectivity index (χ4v) is 4.73. The highest BCUT2D eigenvalue weighted by atomic mass is 32.2. The Kier molecular flexibility index (Phi) is 5.71. The molecule has 12 nitrogen and oxygen atoms in total. The van der Waals surface area contributed by atoms with E-state index in [4.69, 9.17) is 4.74 Å². The second-order valence-corrected chi connectivity index (χ2v) is 8.78. The molecule has 0 saturated heterocycles. The van der Waals surface area contributed by atoms with Gasteiger partial charge in [-0.2, -0.15) is 0 Å². The number of amides is 1. The molecule has 2 N–H and O–H groups in total. The van der Waals surface area contributed by atoms with Crippen LogP contribution in [0.5, 0.6) is 0 Å². The Morgan fingerprint density at radius 3 is 2.59 bits per heavy atom. The summed E-state index contributed by atoms with van der Waals surface area (Å²) in [5, 5.41) is 14.3. The van der Waals surface area contributed by atoms with Crippen molar-refractivity contribution in [2.45, 2.75) is 18.7 Å². The zero-order valence-corrected chi connectivity index (χ0v) is 18.7. The standard InChI is InChI=1S/C21H17N5O7S/c1-3-33-21(28)15-8-12-10-22-19-14(9-13(23-11(2)27)20(24-15)18(12)19)25-34(31,32)17-7-5-4-6-16(17)26(29)30/h4-10,25H,3H2,1-2H3,(H,23,27). The number of ether oxygens (including phenoxy) is 1. The first kappa shape index (κ1) is 22.8. The first-order chi connectivity index (χ1) is 16.1. The Morgan fingerprint density at radius 1 is 1.18 bits per heavy atom. The lowest BCUT2D eigenvalue weighted by Gasteiger charge is -2.15. The molecule has 1 aliphatic rings. The van der Waals surface area contributed by atoms with Crippen LogP contribution in [0.25, 0.3) is 10.9 Å². The van der Waals surface area contributed by atoms with Gasteiger partial charge in [-0.05, 0) is 25.1 Å². The topological polar surface area (TPSA) is 170 Å². The van der Waals surface area contributed by atoms with Crippen molar-refractivity contribution in [3.8, 4) is 0 Å². The van der Waals surface area contributed by atoms with Gasteiger partial charge in [-0.15, -0.1) is 0 Å². The summed E-state index contributed by atoms with van der Waals surface area (Å²) in [6, 6.07) is 7.63. The van der Waals surface area contributed by atoms with E-state index in [1.165, 1.54) is 37.4 Å². The van der Waals surface area contributed by atoms with Gasteiger partial charge < -0.3 is 10.1 Å². The molecule has 1 aliphatic heterocycles. The molecule has 174 valence electrons. The lowest BCUT2D eigenvalue weighted by atomic mass is 10.1. The first-order valence-electron chi connectivity index (χ1n) is 9.89. The average molecular weight is 483 g/mol. The quantitative estimate of drug-likeness (QED) is 0.229. The van der Waals surface area contributed by atoms with Crippen LogP contribution in [-0.4, -0.2) is 43.0 Å². The molecule has 34 heavy (non-hydrogen) atoms. The molecule has 4 rings (SSSR count). The number of nitro benzene ring substituents is 1. The van der Waals surface area contributed by atoms with Crippen molar-refractivity contribution in [2.24, 2.45) is 4.99 Å². The SMILES string of the molecule is CCOC(=O)c1cc2c3c(c(NS(=O)(=O)c4ccccc4[N+](=O)[O-])cc(NC(C)=O)c3n1)N=C2. The molecular weight excluding hydrogens is 466 g/mol. The van der Waals surface area contributed by atoms with Crippen LogP contribution in [0.4, 0.5) is 22.7 Å². The zero-order valence-electron chi connectivity index (χ0n) is 17.9. The number of carbonyl (C=O) groups is 2. The number of hydrogen-bond donors (Lipinski definition) is 2. The van der Waals surface area contributed by atoms with Crippen LogP contribution >= 0.6 is 0 Å². The number of pyridine rings is 1. The van der Waals surface area contributed by atoms with E-state index in [2.05, 4.69) is 20.0 Å². The van der Waals surface area contributed by atoms with Crippen molar-refractivity contribution in [1.82, 2.24) is 4.98 Å². The van der Waals surface area contributed by atoms with Crippen molar-refractivity contribution < 1.29 is 27.7 Å². The molecule has 3 aromatic rings. The van der Waals surface area contributed by atoms with Crippen LogP contribution in [0.1, 0.15) is 29.9 Å². The molecule has 1 aromatic heterocycles. The molecule has 0 spiro atoms. The number of anilines is 2. The second-order valence-electron chi connectivity index (χ2n) is 7.13. The Morgan fingerprint density at radius 2 is 1.91 bits per heavy atom. The number of carbonyl (C=O) groups excluding carboxylic acids is 2. The number of aliphatic imine (C=N–C) groups is 1. The van der Waals surface area contributed by atoms with Crippen LogP contribution in [0, 0.1) is 10.1 Å². The summed E-state index contributed by atoms with van der Waals surface area (Å²) < 4.78 is 33.5. The normalized spacial score (nSPS) is 11.9. The monoisotopic (exact) mass is 483 g/mol. The highest BCUT2D eigenvalue weighted by Gasteiger charge is 2.29. The number of para-hydroxylation sites is 1. The third-order valence-electron chi connectivity index (χ3n) is 4.81. The van der Waals surface area contributed by atoms with Gasteiger partial charge in [-0.1, -0.05) is 12.1 Å². The summed E-state index contributed by atoms with van der Waals surface area (Å²) in [7, 11) is -4.41. The van der Waals surface area contributed by atoms with Gasteiger partial charge in [0.1, 0.15) is 5.69 Å². The van der Waals surface area contributed by atoms with Gasteiger partial charge in [0.2, 0.25) is 5.91 Å². The minimum Gasteiger partial charge on any atom is -0.461 e. The smallest absolute Gasteiger partial charge is 0.356 e. The number of rotatable bonds is 7. The molecule has 0 saturated carbocycles. The van der Waals surface area contributed by atoms with E-state index in [-0.39, 0.29) is 34.9 Å². The minimum atomic E-state index is -4.41. The minimum absolute atomic E-state index is 0.0107. The summed E-state index contributed by atoms with van der Waals surface area (Å²) in [6.45, 7) is 3.04. The van der Waals surface area contributed by atoms with Gasteiger partial charge in [0.05, 0.1) is 34.1 Å². The van der Waals surface area contributed by atoms with E-state index >= 15 is 0 Å². The molecule has 0 unspecified atom stereocenters. The third kappa shape index (κ3) is 4.03. The molecule has 13 heteroatoms. The van der Waals surface area contributed by atoms with Crippen molar-refractivity contribution in [3.05, 3.63) is 57.8 Å². The fraction of sp³-hybridized carbons (Fsp3) is 0.143. The molecule has 2 heterocycles. The van der Waals surface area contributed by atoms with Crippen LogP contribution in [0.15, 0.2) is 46.3 Å². The predicted molar refractivity (Wildman–Crippen MR) is 123 cm³/mol. The molecule has 0 bridgehead atoms. The Bertz CT molecular complexity index is 1520. The second kappa shape index (κ2) is 8.51. The number of nitrogens with zero attached hydrogens (tertiary/aromatic N) is 3. The zero-order chi connectivity index (χ0) is 24.6. The molecule has 2 aromatic carbocycles. The molecule has 0 atom stereocenters. The number of hydrogen-bond acceptors (Lipinski definition) is 9. The fourth-order valence-electron chi connectivity index (χ4n) is 3.50. The van der Waals surface area contributed by atoms with Gasteiger partial charge in [-0.25, -0.2) is 18.2 Å². The molecule has 0 fully saturated rings. The van der Waals surface area contributed by atoms with Crippen molar-refractivity contribution in [3.63, 3.8) is 0 Å². The Labute approximate surface area is 192 Å². The van der Waals surface area contributed by atoms with E-state index in [0.29, 0.717) is 10.9 Å². The first-order valence-corrected chi connectivity index (χ1v) is 11.4. The number of nitrogens with one attached hydrogen (secondary N) is 2. The number of nitro groups is 1. The van der Waals surface area contributed by atoms with Crippen LogP contribution in [-0.2, 0) is 19.6 Å². The predicted octanol–water partition coefficient (Wildman–Crippen LogP) is 3.14. The van der Waals surface area contributed by atoms with E-state index in [1.54, 1.807) is 6.92 Å². The highest BCUT2D eigenvalue weighted by Crippen LogP contribution is 2.44. The van der Waals surface area contributed by atoms with E-state index in [9.17, 15) is 28.1 Å². The Hall–Kier alpha value is -4.39. The summed E-state index contributed by atoms with van der Waals surface area (Å²) >= 11 is 0. The van der Waals surface area contributed by atoms with Gasteiger partial charge in [0.15, 0.2) is 4.90 Å². The molecule has 0 radical (unpaired) electrons. The molecular formula is C21H17N5O7S. The van der Waals surface area contributed by atoms with Gasteiger partial charge in [-0.3, -0.25) is 24.6 Å². The number of aromatic nitrogens is 1. The number of benzene rings is 2.